The minimum atomic E-state index is -4.74. The van der Waals surface area contributed by atoms with Crippen LogP contribution in [-0.4, -0.2) is 65.4 Å². The van der Waals surface area contributed by atoms with Crippen LogP contribution >= 0.6 is 0 Å². The van der Waals surface area contributed by atoms with E-state index in [-0.39, 0.29) is 12.8 Å². The molecule has 0 heterocycles. The Hall–Kier alpha value is -0.540. The molecule has 0 aromatic heterocycles. The van der Waals surface area contributed by atoms with Gasteiger partial charge in [0, 0.05) is 10.8 Å². The van der Waals surface area contributed by atoms with Crippen LogP contribution in [0.1, 0.15) is 68.2 Å². The van der Waals surface area contributed by atoms with E-state index >= 15 is 0 Å². The molecule has 0 saturated heterocycles. The summed E-state index contributed by atoms with van der Waals surface area (Å²) in [5.74, 6) is -2.06. The lowest BCUT2D eigenvalue weighted by molar-refractivity contribution is -0.902. The molecule has 0 rings (SSSR count). The van der Waals surface area contributed by atoms with Crippen LogP contribution in [0.15, 0.2) is 0 Å². The highest BCUT2D eigenvalue weighted by atomic mass is 19.4. The molecule has 0 fully saturated rings. The minimum absolute atomic E-state index is 0.126. The van der Waals surface area contributed by atoms with E-state index in [0.717, 1.165) is 13.8 Å². The number of aliphatic hydroxyl groups is 2. The van der Waals surface area contributed by atoms with Crippen molar-refractivity contribution in [3.63, 3.8) is 0 Å². The summed E-state index contributed by atoms with van der Waals surface area (Å²) in [5.41, 5.74) is -6.73. The molecule has 0 aromatic rings. The highest BCUT2D eigenvalue weighted by Crippen LogP contribution is 2.43. The summed E-state index contributed by atoms with van der Waals surface area (Å²) in [7, 11) is 3.78. The van der Waals surface area contributed by atoms with E-state index in [0.29, 0.717) is 17.6 Å². The lowest BCUT2D eigenvalue weighted by atomic mass is 9.74. The van der Waals surface area contributed by atoms with Crippen LogP contribution < -0.4 is 0 Å². The first-order valence-electron chi connectivity index (χ1n) is 10.6. The van der Waals surface area contributed by atoms with E-state index in [2.05, 4.69) is 0 Å². The number of hydrogen-bond acceptors (Lipinski definition) is 2. The van der Waals surface area contributed by atoms with Crippen molar-refractivity contribution in [2.75, 3.05) is 27.2 Å². The van der Waals surface area contributed by atoms with Crippen molar-refractivity contribution in [3.8, 4) is 0 Å². The van der Waals surface area contributed by atoms with Crippen molar-refractivity contribution in [2.45, 2.75) is 91.8 Å². The van der Waals surface area contributed by atoms with Gasteiger partial charge in [-0.3, -0.25) is 0 Å². The van der Waals surface area contributed by atoms with Gasteiger partial charge in [-0.05, 0) is 38.5 Å². The number of hydrogen-bond donors (Lipinski definition) is 2. The monoisotopic (exact) mass is 466 g/mol. The fourth-order valence-corrected chi connectivity index (χ4v) is 5.12. The second kappa shape index (κ2) is 9.01. The zero-order valence-electron chi connectivity index (χ0n) is 20.6. The van der Waals surface area contributed by atoms with Crippen LogP contribution in [0.25, 0.3) is 0 Å². The van der Waals surface area contributed by atoms with Crippen molar-refractivity contribution >= 4 is 0 Å². The predicted octanol–water partition coefficient (Wildman–Crippen LogP) is 5.79. The normalized spacial score (nSPS) is 20.7. The Kier molecular flexibility index (Phi) is 8.85. The van der Waals surface area contributed by atoms with Gasteiger partial charge < -0.3 is 14.7 Å². The van der Waals surface area contributed by atoms with E-state index in [9.17, 15) is 36.6 Å². The Morgan fingerprint density at radius 2 is 0.839 bits per heavy atom. The van der Waals surface area contributed by atoms with Crippen molar-refractivity contribution < 1.29 is 41.0 Å². The number of nitrogens with zero attached hydrogens (tertiary/aromatic N) is 1. The average molecular weight is 467 g/mol. The van der Waals surface area contributed by atoms with Crippen molar-refractivity contribution in [1.82, 2.24) is 0 Å². The molecule has 31 heavy (non-hydrogen) atoms. The maximum Gasteiger partial charge on any atom is 0.417 e. The first-order chi connectivity index (χ1) is 13.2. The third-order valence-electron chi connectivity index (χ3n) is 6.50. The third kappa shape index (κ3) is 8.39. The lowest BCUT2D eigenvalue weighted by Crippen LogP contribution is -2.54. The van der Waals surface area contributed by atoms with Gasteiger partial charge in [-0.15, -0.1) is 0 Å². The molecule has 188 valence electrons. The van der Waals surface area contributed by atoms with Crippen LogP contribution in [0.4, 0.5) is 26.3 Å². The standard InChI is InChI=1S/C22H42F6NO2/c1-15(19(7,30)21(23,24)25)11-17(3,4)13-29(9,10)14-18(5,6)12-16(2)20(8,31)22(26,27)28/h15-16,30-31H,11-14H2,1-10H3/q+1. The smallest absolute Gasteiger partial charge is 0.380 e. The molecule has 9 heteroatoms. The molecule has 0 saturated carbocycles. The molecule has 0 aliphatic rings. The SMILES string of the molecule is CC(CC(C)(C)C[N+](C)(C)CC(C)(C)CC(C)C(C)(O)C(F)(F)F)C(C)(O)C(F)(F)F. The quantitative estimate of drug-likeness (QED) is 0.316. The van der Waals surface area contributed by atoms with Crippen LogP contribution in [0.2, 0.25) is 0 Å². The first kappa shape index (κ1) is 30.5. The van der Waals surface area contributed by atoms with Gasteiger partial charge >= 0.3 is 12.4 Å². The van der Waals surface area contributed by atoms with Crippen LogP contribution in [0, 0.1) is 22.7 Å². The van der Waals surface area contributed by atoms with Crippen LogP contribution in [-0.2, 0) is 0 Å². The van der Waals surface area contributed by atoms with Crippen molar-refractivity contribution in [2.24, 2.45) is 22.7 Å². The Morgan fingerprint density at radius 3 is 1.03 bits per heavy atom. The van der Waals surface area contributed by atoms with Gasteiger partial charge in [-0.25, -0.2) is 0 Å². The Bertz CT molecular complexity index is 542. The molecule has 0 spiro atoms. The van der Waals surface area contributed by atoms with E-state index in [4.69, 9.17) is 0 Å². The summed E-state index contributed by atoms with van der Waals surface area (Å²) in [6.45, 7) is 12.6. The zero-order chi connectivity index (χ0) is 25.5. The summed E-state index contributed by atoms with van der Waals surface area (Å²) in [4.78, 5) is 0. The van der Waals surface area contributed by atoms with Crippen molar-refractivity contribution in [1.29, 1.82) is 0 Å². The number of rotatable bonds is 10. The largest absolute Gasteiger partial charge is 0.417 e. The fourth-order valence-electron chi connectivity index (χ4n) is 5.12. The average Bonchev–Trinajstić information content (AvgIpc) is 2.40. The second-order valence-electron chi connectivity index (χ2n) is 12.1. The highest BCUT2D eigenvalue weighted by Gasteiger charge is 2.55. The van der Waals surface area contributed by atoms with Crippen molar-refractivity contribution in [3.05, 3.63) is 0 Å². The molecular formula is C22H42F6NO2+. The second-order valence-corrected chi connectivity index (χ2v) is 12.1. The summed E-state index contributed by atoms with van der Waals surface area (Å²) in [5, 5.41) is 19.9. The molecule has 4 atom stereocenters. The maximum absolute atomic E-state index is 13.2. The zero-order valence-corrected chi connectivity index (χ0v) is 20.6. The molecule has 0 aliphatic heterocycles. The minimum Gasteiger partial charge on any atom is -0.380 e. The molecule has 0 radical (unpaired) electrons. The molecule has 0 amide bonds. The molecule has 0 bridgehead atoms. The van der Waals surface area contributed by atoms with Gasteiger partial charge in [0.2, 0.25) is 0 Å². The predicted molar refractivity (Wildman–Crippen MR) is 110 cm³/mol. The van der Waals surface area contributed by atoms with E-state index in [1.54, 1.807) is 0 Å². The molecule has 4 unspecified atom stereocenters. The van der Waals surface area contributed by atoms with Crippen LogP contribution in [0.5, 0.6) is 0 Å². The molecule has 3 nitrogen and oxygen atoms in total. The Balaban J connectivity index is 5.31. The molecular weight excluding hydrogens is 424 g/mol. The topological polar surface area (TPSA) is 40.5 Å². The summed E-state index contributed by atoms with van der Waals surface area (Å²) in [6.07, 6.45) is -9.22. The third-order valence-corrected chi connectivity index (χ3v) is 6.50. The van der Waals surface area contributed by atoms with Gasteiger partial charge in [0.15, 0.2) is 11.2 Å². The van der Waals surface area contributed by atoms with Gasteiger partial charge in [0.25, 0.3) is 0 Å². The van der Waals surface area contributed by atoms with Gasteiger partial charge in [-0.1, -0.05) is 41.5 Å². The lowest BCUT2D eigenvalue weighted by Gasteiger charge is -2.45. The summed E-state index contributed by atoms with van der Waals surface area (Å²) in [6, 6.07) is 0. The van der Waals surface area contributed by atoms with Gasteiger partial charge in [-0.2, -0.15) is 26.3 Å². The molecule has 0 aromatic carbocycles. The Labute approximate surface area is 183 Å². The number of quaternary nitrogens is 1. The molecule has 2 N–H and O–H groups in total. The Morgan fingerprint density at radius 1 is 0.613 bits per heavy atom. The van der Waals surface area contributed by atoms with Gasteiger partial charge in [0.1, 0.15) is 0 Å². The number of alkyl halides is 6. The summed E-state index contributed by atoms with van der Waals surface area (Å²) < 4.78 is 79.4. The van der Waals surface area contributed by atoms with E-state index < -0.39 is 46.2 Å². The van der Waals surface area contributed by atoms with Gasteiger partial charge in [0.05, 0.1) is 27.2 Å². The van der Waals surface area contributed by atoms with E-state index in [1.165, 1.54) is 13.8 Å². The van der Waals surface area contributed by atoms with Crippen LogP contribution in [0.3, 0.4) is 0 Å². The highest BCUT2D eigenvalue weighted by molar-refractivity contribution is 4.91. The first-order valence-corrected chi connectivity index (χ1v) is 10.6. The maximum atomic E-state index is 13.2. The fraction of sp³-hybridized carbons (Fsp3) is 1.00. The molecule has 0 aliphatic carbocycles. The number of halogens is 6. The van der Waals surface area contributed by atoms with E-state index in [1.807, 2.05) is 41.8 Å². The summed E-state index contributed by atoms with van der Waals surface area (Å²) >= 11 is 0.